The van der Waals surface area contributed by atoms with Crippen LogP contribution in [0.15, 0.2) is 30.3 Å². The molecule has 1 saturated heterocycles. The Balaban J connectivity index is 1.57. The van der Waals surface area contributed by atoms with Gasteiger partial charge in [0.15, 0.2) is 0 Å². The molecular formula is C18H26N2O4. The molecular weight excluding hydrogens is 308 g/mol. The van der Waals surface area contributed by atoms with Gasteiger partial charge in [-0.1, -0.05) is 18.2 Å². The van der Waals surface area contributed by atoms with Gasteiger partial charge in [0.1, 0.15) is 25.0 Å². The Bertz CT molecular complexity index is 515. The molecule has 24 heavy (non-hydrogen) atoms. The molecule has 0 aliphatic carbocycles. The third kappa shape index (κ3) is 6.20. The van der Waals surface area contributed by atoms with Crippen LogP contribution >= 0.6 is 0 Å². The van der Waals surface area contributed by atoms with E-state index in [1.54, 1.807) is 6.92 Å². The number of nitrogens with one attached hydrogen (secondary N) is 1. The minimum Gasteiger partial charge on any atom is -0.491 e. The molecule has 1 atom stereocenters. The number of carbonyl (C=O) groups is 2. The van der Waals surface area contributed by atoms with Gasteiger partial charge in [0, 0.05) is 13.1 Å². The zero-order valence-corrected chi connectivity index (χ0v) is 14.2. The van der Waals surface area contributed by atoms with Crippen LogP contribution in [0.3, 0.4) is 0 Å². The predicted octanol–water partition coefficient (Wildman–Crippen LogP) is 1.60. The zero-order chi connectivity index (χ0) is 17.2. The van der Waals surface area contributed by atoms with E-state index in [0.717, 1.165) is 31.7 Å². The number of ether oxygens (including phenoxy) is 2. The fourth-order valence-electron chi connectivity index (χ4n) is 2.63. The lowest BCUT2D eigenvalue weighted by Gasteiger charge is -2.29. The molecule has 0 saturated carbocycles. The Hall–Kier alpha value is -2.08. The maximum atomic E-state index is 12.2. The van der Waals surface area contributed by atoms with Gasteiger partial charge >= 0.3 is 0 Å². The van der Waals surface area contributed by atoms with Crippen LogP contribution in [0.4, 0.5) is 0 Å². The third-order valence-corrected chi connectivity index (χ3v) is 3.89. The van der Waals surface area contributed by atoms with Crippen molar-refractivity contribution in [2.75, 3.05) is 32.9 Å². The highest BCUT2D eigenvalue weighted by Crippen LogP contribution is 2.10. The number of para-hydroxylation sites is 1. The van der Waals surface area contributed by atoms with Crippen LogP contribution in [0.25, 0.3) is 0 Å². The van der Waals surface area contributed by atoms with Crippen LogP contribution < -0.4 is 10.1 Å². The molecule has 2 amide bonds. The van der Waals surface area contributed by atoms with Crippen LogP contribution in [0.5, 0.6) is 5.75 Å². The number of hydrogen-bond donors (Lipinski definition) is 1. The first kappa shape index (κ1) is 18.3. The summed E-state index contributed by atoms with van der Waals surface area (Å²) < 4.78 is 10.8. The quantitative estimate of drug-likeness (QED) is 0.733. The van der Waals surface area contributed by atoms with Gasteiger partial charge in [0.2, 0.25) is 11.8 Å². The molecule has 6 heteroatoms. The van der Waals surface area contributed by atoms with Crippen molar-refractivity contribution < 1.29 is 19.1 Å². The number of hydrogen-bond acceptors (Lipinski definition) is 4. The van der Waals surface area contributed by atoms with E-state index in [0.29, 0.717) is 13.2 Å². The van der Waals surface area contributed by atoms with Gasteiger partial charge in [-0.2, -0.15) is 0 Å². The molecule has 1 heterocycles. The smallest absolute Gasteiger partial charge is 0.246 e. The van der Waals surface area contributed by atoms with Gasteiger partial charge < -0.3 is 19.7 Å². The molecule has 132 valence electrons. The molecule has 1 fully saturated rings. The molecule has 0 radical (unpaired) electrons. The van der Waals surface area contributed by atoms with Crippen molar-refractivity contribution in [1.29, 1.82) is 0 Å². The summed E-state index contributed by atoms with van der Waals surface area (Å²) in [7, 11) is 0. The number of benzene rings is 1. The standard InChI is InChI=1S/C18H26N2O4/c1-15(18(22)20-10-6-3-7-11-20)19-17(21)14-23-12-13-24-16-8-4-2-5-9-16/h2,4-5,8-9,15H,3,6-7,10-14H2,1H3,(H,19,21)/t15-/m1/s1. The van der Waals surface area contributed by atoms with Crippen molar-refractivity contribution in [1.82, 2.24) is 10.2 Å². The lowest BCUT2D eigenvalue weighted by molar-refractivity contribution is -0.137. The van der Waals surface area contributed by atoms with Gasteiger partial charge in [0.25, 0.3) is 0 Å². The normalized spacial score (nSPS) is 15.6. The first-order valence-electron chi connectivity index (χ1n) is 8.50. The summed E-state index contributed by atoms with van der Waals surface area (Å²) in [5.74, 6) is 0.467. The molecule has 1 N–H and O–H groups in total. The summed E-state index contributed by atoms with van der Waals surface area (Å²) in [5.41, 5.74) is 0. The fourth-order valence-corrected chi connectivity index (χ4v) is 2.63. The monoisotopic (exact) mass is 334 g/mol. The molecule has 2 rings (SSSR count). The largest absolute Gasteiger partial charge is 0.491 e. The minimum atomic E-state index is -0.514. The Labute approximate surface area is 143 Å². The number of likely N-dealkylation sites (tertiary alicyclic amines) is 1. The molecule has 1 aromatic carbocycles. The minimum absolute atomic E-state index is 0.0181. The molecule has 0 unspecified atom stereocenters. The van der Waals surface area contributed by atoms with Crippen LogP contribution in [0.2, 0.25) is 0 Å². The van der Waals surface area contributed by atoms with Crippen molar-refractivity contribution in [2.24, 2.45) is 0 Å². The van der Waals surface area contributed by atoms with Gasteiger partial charge in [0.05, 0.1) is 6.61 Å². The number of piperidine rings is 1. The van der Waals surface area contributed by atoms with E-state index in [-0.39, 0.29) is 18.4 Å². The second kappa shape index (κ2) is 9.93. The molecule has 1 aliphatic heterocycles. The van der Waals surface area contributed by atoms with Gasteiger partial charge in [-0.05, 0) is 38.3 Å². The van der Waals surface area contributed by atoms with Crippen molar-refractivity contribution in [2.45, 2.75) is 32.2 Å². The highest BCUT2D eigenvalue weighted by molar-refractivity contribution is 5.87. The van der Waals surface area contributed by atoms with Gasteiger partial charge in [-0.25, -0.2) is 0 Å². The summed E-state index contributed by atoms with van der Waals surface area (Å²) in [6.07, 6.45) is 3.25. The number of nitrogens with zero attached hydrogens (tertiary/aromatic N) is 1. The first-order valence-corrected chi connectivity index (χ1v) is 8.50. The molecule has 6 nitrogen and oxygen atoms in total. The van der Waals surface area contributed by atoms with Crippen LogP contribution in [-0.4, -0.2) is 55.7 Å². The summed E-state index contributed by atoms with van der Waals surface area (Å²) in [6.45, 7) is 3.90. The Morgan fingerprint density at radius 3 is 2.54 bits per heavy atom. The maximum Gasteiger partial charge on any atom is 0.246 e. The second-order valence-electron chi connectivity index (χ2n) is 5.89. The van der Waals surface area contributed by atoms with E-state index < -0.39 is 6.04 Å². The SMILES string of the molecule is C[C@@H](NC(=O)COCCOc1ccccc1)C(=O)N1CCCCC1. The number of rotatable bonds is 8. The summed E-state index contributed by atoms with van der Waals surface area (Å²) in [5, 5.41) is 2.69. The highest BCUT2D eigenvalue weighted by Gasteiger charge is 2.23. The maximum absolute atomic E-state index is 12.2. The van der Waals surface area contributed by atoms with E-state index in [1.165, 1.54) is 6.42 Å². The first-order chi connectivity index (χ1) is 11.7. The van der Waals surface area contributed by atoms with E-state index in [9.17, 15) is 9.59 Å². The van der Waals surface area contributed by atoms with E-state index in [1.807, 2.05) is 35.2 Å². The Morgan fingerprint density at radius 2 is 1.83 bits per heavy atom. The molecule has 1 aliphatic rings. The Morgan fingerprint density at radius 1 is 1.12 bits per heavy atom. The van der Waals surface area contributed by atoms with E-state index in [2.05, 4.69) is 5.32 Å². The molecule has 1 aromatic rings. The predicted molar refractivity (Wildman–Crippen MR) is 90.8 cm³/mol. The summed E-state index contributed by atoms with van der Waals surface area (Å²) in [6, 6.07) is 8.91. The second-order valence-corrected chi connectivity index (χ2v) is 5.89. The molecule has 0 spiro atoms. The van der Waals surface area contributed by atoms with Crippen molar-refractivity contribution in [3.05, 3.63) is 30.3 Å². The summed E-state index contributed by atoms with van der Waals surface area (Å²) in [4.78, 5) is 25.9. The highest BCUT2D eigenvalue weighted by atomic mass is 16.5. The van der Waals surface area contributed by atoms with Gasteiger partial charge in [-0.15, -0.1) is 0 Å². The van der Waals surface area contributed by atoms with Crippen LogP contribution in [0.1, 0.15) is 26.2 Å². The van der Waals surface area contributed by atoms with Crippen LogP contribution in [-0.2, 0) is 14.3 Å². The van der Waals surface area contributed by atoms with Crippen molar-refractivity contribution in [3.63, 3.8) is 0 Å². The van der Waals surface area contributed by atoms with E-state index >= 15 is 0 Å². The van der Waals surface area contributed by atoms with Crippen molar-refractivity contribution >= 4 is 11.8 Å². The van der Waals surface area contributed by atoms with E-state index in [4.69, 9.17) is 9.47 Å². The third-order valence-electron chi connectivity index (χ3n) is 3.89. The summed E-state index contributed by atoms with van der Waals surface area (Å²) >= 11 is 0. The lowest BCUT2D eigenvalue weighted by atomic mass is 10.1. The molecule has 0 bridgehead atoms. The average Bonchev–Trinajstić information content (AvgIpc) is 2.62. The zero-order valence-electron chi connectivity index (χ0n) is 14.2. The fraction of sp³-hybridized carbons (Fsp3) is 0.556. The average molecular weight is 334 g/mol. The molecule has 0 aromatic heterocycles. The van der Waals surface area contributed by atoms with Gasteiger partial charge in [-0.3, -0.25) is 9.59 Å². The Kier molecular flexibility index (Phi) is 7.55. The van der Waals surface area contributed by atoms with Crippen molar-refractivity contribution in [3.8, 4) is 5.75 Å². The lowest BCUT2D eigenvalue weighted by Crippen LogP contribution is -2.49. The number of carbonyl (C=O) groups excluding carboxylic acids is 2. The number of amides is 2. The topological polar surface area (TPSA) is 67.9 Å². The van der Waals surface area contributed by atoms with Crippen LogP contribution in [0, 0.1) is 0 Å².